The highest BCUT2D eigenvalue weighted by atomic mass is 16.3. The first-order chi connectivity index (χ1) is 2.27. The molecule has 0 saturated heterocycles. The summed E-state index contributed by atoms with van der Waals surface area (Å²) in [4.78, 5) is 0. The molecule has 0 bridgehead atoms. The van der Waals surface area contributed by atoms with Crippen molar-refractivity contribution >= 4 is 8.41 Å². The fraction of sp³-hybridized carbons (Fsp3) is 1.00. The molecule has 0 fully saturated rings. The van der Waals surface area contributed by atoms with Crippen molar-refractivity contribution in [1.29, 1.82) is 0 Å². The van der Waals surface area contributed by atoms with Crippen LogP contribution in [0.1, 0.15) is 6.92 Å². The summed E-state index contributed by atoms with van der Waals surface area (Å²) in [7, 11) is 0. The van der Waals surface area contributed by atoms with Crippen LogP contribution in [0, 0.1) is 0 Å². The van der Waals surface area contributed by atoms with Crippen LogP contribution in [0.2, 0.25) is 0 Å². The van der Waals surface area contributed by atoms with Gasteiger partial charge in [0.15, 0.2) is 0 Å². The Hall–Kier alpha value is -0.0151. The van der Waals surface area contributed by atoms with Crippen molar-refractivity contribution in [2.24, 2.45) is 0 Å². The average molecular weight is 89.9 g/mol. The lowest BCUT2D eigenvalue weighted by Gasteiger charge is -1.90. The van der Waals surface area contributed by atoms with E-state index in [1.54, 1.807) is 0 Å². The predicted octanol–water partition coefficient (Wildman–Crippen LogP) is -1.82. The quantitative estimate of drug-likeness (QED) is 0.372. The normalized spacial score (nSPS) is 12.5. The lowest BCUT2D eigenvalue weighted by molar-refractivity contribution is 0.110. The van der Waals surface area contributed by atoms with Crippen LogP contribution < -0.4 is 0 Å². The van der Waals surface area contributed by atoms with Crippen LogP contribution in [0.25, 0.3) is 0 Å². The van der Waals surface area contributed by atoms with E-state index in [9.17, 15) is 0 Å². The van der Waals surface area contributed by atoms with Gasteiger partial charge in [0.05, 0.1) is 21.1 Å². The Balaban J connectivity index is 0. The molecule has 6 heavy (non-hydrogen) atoms. The average Bonchev–Trinajstić information content (AvgIpc) is 1.38. The molecule has 0 aliphatic carbocycles. The fourth-order valence-corrected chi connectivity index (χ4v) is 0. The molecule has 0 aliphatic heterocycles. The first-order valence-corrected chi connectivity index (χ1v) is 1.56. The van der Waals surface area contributed by atoms with Gasteiger partial charge in [0.25, 0.3) is 0 Å². The van der Waals surface area contributed by atoms with Gasteiger partial charge in [-0.05, 0) is 6.92 Å². The third-order valence-electron chi connectivity index (χ3n) is 0.264. The molecule has 2 N–H and O–H groups in total. The molecule has 2 nitrogen and oxygen atoms in total. The Bertz CT molecular complexity index is 22.8. The first kappa shape index (κ1) is 9.37. The molecule has 0 spiro atoms. The summed E-state index contributed by atoms with van der Waals surface area (Å²) in [5.74, 6) is 0. The molecule has 0 aromatic heterocycles. The second kappa shape index (κ2) is 4.98. The zero-order valence-electron chi connectivity index (χ0n) is 3.18. The van der Waals surface area contributed by atoms with E-state index in [-0.39, 0.29) is 15.0 Å². The first-order valence-electron chi connectivity index (χ1n) is 1.56. The molecule has 0 aromatic rings. The van der Waals surface area contributed by atoms with Crippen LogP contribution in [-0.4, -0.2) is 31.3 Å². The Labute approximate surface area is 39.4 Å². The molecule has 38 valence electrons. The van der Waals surface area contributed by atoms with Crippen LogP contribution >= 0.6 is 0 Å². The highest BCUT2D eigenvalue weighted by Gasteiger charge is 1.83. The minimum atomic E-state index is -0.560. The largest absolute Gasteiger partial charge is 0.394 e. The molecule has 0 rings (SSSR count). The molecule has 0 aliphatic rings. The van der Waals surface area contributed by atoms with E-state index in [1.165, 1.54) is 6.92 Å². The smallest absolute Gasteiger partial charge is 0.0814 e. The highest BCUT2D eigenvalue weighted by Crippen LogP contribution is 1.68. The maximum Gasteiger partial charge on any atom is 0.0814 e. The Morgan fingerprint density at radius 3 is 1.83 bits per heavy atom. The molecule has 0 aromatic carbocycles. The summed E-state index contributed by atoms with van der Waals surface area (Å²) in [5.41, 5.74) is 0. The standard InChI is InChI=1S/C3H8O2.BH3/c1-3(5)2-4;/h3-5H,2H2,1H3;1H3. The molecule has 0 radical (unpaired) electrons. The van der Waals surface area contributed by atoms with Gasteiger partial charge in [-0.2, -0.15) is 0 Å². The van der Waals surface area contributed by atoms with Crippen molar-refractivity contribution in [1.82, 2.24) is 0 Å². The van der Waals surface area contributed by atoms with Crippen molar-refractivity contribution in [2.75, 3.05) is 6.61 Å². The molecule has 0 saturated carbocycles. The van der Waals surface area contributed by atoms with Crippen molar-refractivity contribution in [3.63, 3.8) is 0 Å². The highest BCUT2D eigenvalue weighted by molar-refractivity contribution is 5.75. The van der Waals surface area contributed by atoms with Crippen molar-refractivity contribution in [3.05, 3.63) is 0 Å². The van der Waals surface area contributed by atoms with E-state index in [4.69, 9.17) is 10.2 Å². The lowest BCUT2D eigenvalue weighted by atomic mass is 10.5. The maximum absolute atomic E-state index is 8.11. The van der Waals surface area contributed by atoms with E-state index < -0.39 is 6.10 Å². The van der Waals surface area contributed by atoms with E-state index in [2.05, 4.69) is 0 Å². The van der Waals surface area contributed by atoms with Crippen LogP contribution in [0.5, 0.6) is 0 Å². The number of rotatable bonds is 1. The SMILES string of the molecule is B.CC(O)CO. The zero-order chi connectivity index (χ0) is 4.28. The molecular weight excluding hydrogens is 78.8 g/mol. The fourth-order valence-electron chi connectivity index (χ4n) is 0. The van der Waals surface area contributed by atoms with Crippen LogP contribution in [0.4, 0.5) is 0 Å². The van der Waals surface area contributed by atoms with Gasteiger partial charge in [-0.1, -0.05) is 0 Å². The molecule has 3 heteroatoms. The number of aliphatic hydroxyl groups is 2. The van der Waals surface area contributed by atoms with Crippen LogP contribution in [-0.2, 0) is 0 Å². The minimum Gasteiger partial charge on any atom is -0.394 e. The Morgan fingerprint density at radius 2 is 1.83 bits per heavy atom. The van der Waals surface area contributed by atoms with Gasteiger partial charge in [0.1, 0.15) is 0 Å². The van der Waals surface area contributed by atoms with Gasteiger partial charge >= 0.3 is 0 Å². The van der Waals surface area contributed by atoms with Gasteiger partial charge < -0.3 is 10.2 Å². The second-order valence-corrected chi connectivity index (χ2v) is 1.03. The molecule has 1 unspecified atom stereocenters. The van der Waals surface area contributed by atoms with Gasteiger partial charge in [-0.25, -0.2) is 0 Å². The van der Waals surface area contributed by atoms with Gasteiger partial charge in [-0.15, -0.1) is 0 Å². The van der Waals surface area contributed by atoms with Crippen molar-refractivity contribution in [3.8, 4) is 0 Å². The monoisotopic (exact) mass is 90.1 g/mol. The van der Waals surface area contributed by atoms with Gasteiger partial charge in [0.2, 0.25) is 0 Å². The third kappa shape index (κ3) is 9.01. The number of hydrogen-bond donors (Lipinski definition) is 2. The summed E-state index contributed by atoms with van der Waals surface area (Å²) >= 11 is 0. The Kier molecular flexibility index (Phi) is 7.78. The van der Waals surface area contributed by atoms with E-state index in [0.717, 1.165) is 0 Å². The molecular formula is C3H11BO2. The summed E-state index contributed by atoms with van der Waals surface area (Å²) in [6.07, 6.45) is -0.560. The van der Waals surface area contributed by atoms with E-state index in [0.29, 0.717) is 0 Å². The van der Waals surface area contributed by atoms with Gasteiger partial charge in [-0.3, -0.25) is 0 Å². The summed E-state index contributed by atoms with van der Waals surface area (Å²) in [6.45, 7) is 1.39. The molecule has 0 heterocycles. The Morgan fingerprint density at radius 1 is 1.67 bits per heavy atom. The number of aliphatic hydroxyl groups excluding tert-OH is 2. The summed E-state index contributed by atoms with van der Waals surface area (Å²) < 4.78 is 0. The summed E-state index contributed by atoms with van der Waals surface area (Å²) in [5, 5.41) is 16.0. The predicted molar refractivity (Wildman–Crippen MR) is 28.7 cm³/mol. The van der Waals surface area contributed by atoms with E-state index >= 15 is 0 Å². The third-order valence-corrected chi connectivity index (χ3v) is 0.264. The second-order valence-electron chi connectivity index (χ2n) is 1.03. The van der Waals surface area contributed by atoms with Gasteiger partial charge in [0, 0.05) is 0 Å². The van der Waals surface area contributed by atoms with Crippen LogP contribution in [0.15, 0.2) is 0 Å². The molecule has 0 amide bonds. The van der Waals surface area contributed by atoms with Crippen molar-refractivity contribution in [2.45, 2.75) is 13.0 Å². The number of hydrogen-bond acceptors (Lipinski definition) is 2. The zero-order valence-corrected chi connectivity index (χ0v) is 3.18. The lowest BCUT2D eigenvalue weighted by Crippen LogP contribution is -2.03. The van der Waals surface area contributed by atoms with Crippen LogP contribution in [0.3, 0.4) is 0 Å². The maximum atomic E-state index is 8.11. The topological polar surface area (TPSA) is 40.5 Å². The minimum absolute atomic E-state index is 0. The summed E-state index contributed by atoms with van der Waals surface area (Å²) in [6, 6.07) is 0. The van der Waals surface area contributed by atoms with E-state index in [1.807, 2.05) is 0 Å². The molecule has 1 atom stereocenters. The van der Waals surface area contributed by atoms with Crippen molar-refractivity contribution < 1.29 is 10.2 Å².